The van der Waals surface area contributed by atoms with Crippen molar-refractivity contribution >= 4 is 16.9 Å². The predicted octanol–water partition coefficient (Wildman–Crippen LogP) is 2.82. The van der Waals surface area contributed by atoms with Gasteiger partial charge in [0.2, 0.25) is 0 Å². The van der Waals surface area contributed by atoms with E-state index in [1.165, 1.54) is 4.57 Å². The summed E-state index contributed by atoms with van der Waals surface area (Å²) in [6.45, 7) is 1.93. The van der Waals surface area contributed by atoms with Crippen molar-refractivity contribution < 1.29 is 13.9 Å². The smallest absolute Gasteiger partial charge is 0.408 e. The van der Waals surface area contributed by atoms with Crippen LogP contribution in [0.4, 0.5) is 0 Å². The Morgan fingerprint density at radius 2 is 2.03 bits per heavy atom. The molecule has 1 fully saturated rings. The molecule has 2 heterocycles. The molecule has 0 aliphatic carbocycles. The summed E-state index contributed by atoms with van der Waals surface area (Å²) in [5.41, 5.74) is 4.27. The van der Waals surface area contributed by atoms with Gasteiger partial charge in [-0.15, -0.1) is 0 Å². The number of benzene rings is 2. The van der Waals surface area contributed by atoms with E-state index in [0.717, 1.165) is 35.2 Å². The number of ether oxygens (including phenoxy) is 1. The van der Waals surface area contributed by atoms with E-state index in [1.807, 2.05) is 36.4 Å². The molecule has 0 saturated carbocycles. The molecule has 1 aliphatic rings. The minimum atomic E-state index is -0.463. The number of carbonyl (C=O) groups is 1. The van der Waals surface area contributed by atoms with Gasteiger partial charge in [-0.1, -0.05) is 30.3 Å². The van der Waals surface area contributed by atoms with Crippen LogP contribution in [0.1, 0.15) is 18.4 Å². The van der Waals surface area contributed by atoms with Gasteiger partial charge in [0.1, 0.15) is 6.10 Å². The maximum absolute atomic E-state index is 12.5. The van der Waals surface area contributed by atoms with Crippen LogP contribution in [0.2, 0.25) is 0 Å². The Labute approximate surface area is 180 Å². The minimum Gasteiger partial charge on any atom is -0.408 e. The number of hydrogen-bond donors (Lipinski definition) is 1. The average molecular weight is 419 g/mol. The molecule has 7 heteroatoms. The van der Waals surface area contributed by atoms with Crippen molar-refractivity contribution in [3.8, 4) is 17.2 Å². The molecule has 160 valence electrons. The minimum absolute atomic E-state index is 0.0170. The zero-order valence-electron chi connectivity index (χ0n) is 17.5. The summed E-state index contributed by atoms with van der Waals surface area (Å²) in [7, 11) is 1.68. The van der Waals surface area contributed by atoms with E-state index >= 15 is 0 Å². The highest BCUT2D eigenvalue weighted by atomic mass is 16.5. The van der Waals surface area contributed by atoms with E-state index in [9.17, 15) is 14.9 Å². The molecule has 31 heavy (non-hydrogen) atoms. The molecular weight excluding hydrogens is 394 g/mol. The van der Waals surface area contributed by atoms with E-state index in [4.69, 9.17) is 9.15 Å². The van der Waals surface area contributed by atoms with Crippen LogP contribution >= 0.6 is 0 Å². The molecule has 2 atom stereocenters. The fourth-order valence-electron chi connectivity index (χ4n) is 3.88. The van der Waals surface area contributed by atoms with Gasteiger partial charge in [0, 0.05) is 26.6 Å². The van der Waals surface area contributed by atoms with Gasteiger partial charge in [0.05, 0.1) is 17.5 Å². The van der Waals surface area contributed by atoms with Gasteiger partial charge in [-0.2, -0.15) is 5.26 Å². The molecule has 0 amide bonds. The molecule has 1 aromatic heterocycles. The van der Waals surface area contributed by atoms with E-state index in [0.29, 0.717) is 25.2 Å². The Morgan fingerprint density at radius 3 is 2.81 bits per heavy atom. The normalized spacial score (nSPS) is 17.7. The number of oxazole rings is 1. The lowest BCUT2D eigenvalue weighted by Gasteiger charge is -2.16. The molecule has 2 aromatic carbocycles. The lowest BCUT2D eigenvalue weighted by Crippen LogP contribution is -2.34. The molecular formula is C24H25N3O4. The molecule has 1 aliphatic heterocycles. The van der Waals surface area contributed by atoms with Crippen LogP contribution in [-0.2, 0) is 23.0 Å². The topological polar surface area (TPSA) is 97.3 Å². The molecule has 4 rings (SSSR count). The second-order valence-electron chi connectivity index (χ2n) is 7.92. The van der Waals surface area contributed by atoms with Crippen LogP contribution in [0.3, 0.4) is 0 Å². The van der Waals surface area contributed by atoms with Crippen molar-refractivity contribution in [2.24, 2.45) is 13.0 Å². The van der Waals surface area contributed by atoms with Crippen molar-refractivity contribution in [2.45, 2.75) is 25.4 Å². The van der Waals surface area contributed by atoms with Crippen molar-refractivity contribution in [2.75, 3.05) is 19.7 Å². The molecule has 3 aromatic rings. The maximum Gasteiger partial charge on any atom is 0.419 e. The quantitative estimate of drug-likeness (QED) is 0.660. The number of nitrogens with zero attached hydrogens (tertiary/aromatic N) is 2. The lowest BCUT2D eigenvalue weighted by atomic mass is 9.93. The highest BCUT2D eigenvalue weighted by Gasteiger charge is 2.24. The third kappa shape index (κ3) is 4.76. The summed E-state index contributed by atoms with van der Waals surface area (Å²) in [5, 5.41) is 12.8. The van der Waals surface area contributed by atoms with Gasteiger partial charge >= 0.3 is 5.76 Å². The average Bonchev–Trinajstić information content (AvgIpc) is 2.96. The summed E-state index contributed by atoms with van der Waals surface area (Å²) in [5.74, 6) is -0.789. The summed E-state index contributed by atoms with van der Waals surface area (Å²) >= 11 is 0. The molecule has 0 spiro atoms. The van der Waals surface area contributed by atoms with E-state index in [-0.39, 0.29) is 23.9 Å². The molecule has 1 saturated heterocycles. The first kappa shape index (κ1) is 21.0. The molecule has 0 bridgehead atoms. The van der Waals surface area contributed by atoms with Gasteiger partial charge < -0.3 is 14.5 Å². The molecule has 0 unspecified atom stereocenters. The van der Waals surface area contributed by atoms with Crippen LogP contribution in [0, 0.1) is 17.2 Å². The first-order valence-electron chi connectivity index (χ1n) is 10.5. The van der Waals surface area contributed by atoms with Crippen molar-refractivity contribution in [3.05, 3.63) is 58.6 Å². The SMILES string of the molecule is Cn1c(=O)oc2ccc(-c3ccc(C[C@@H](C#N)CC(=O)[C@@H]4CNCCCO4)cc3)cc21. The molecule has 7 nitrogen and oxygen atoms in total. The number of rotatable bonds is 6. The number of nitriles is 1. The van der Waals surface area contributed by atoms with E-state index < -0.39 is 6.10 Å². The Bertz CT molecular complexity index is 1160. The number of aromatic nitrogens is 1. The second-order valence-corrected chi connectivity index (χ2v) is 7.92. The third-order valence-corrected chi connectivity index (χ3v) is 5.70. The zero-order chi connectivity index (χ0) is 21.8. The number of fused-ring (bicyclic) bond motifs is 1. The van der Waals surface area contributed by atoms with Crippen molar-refractivity contribution in [3.63, 3.8) is 0 Å². The first-order valence-corrected chi connectivity index (χ1v) is 10.5. The van der Waals surface area contributed by atoms with E-state index in [2.05, 4.69) is 11.4 Å². The van der Waals surface area contributed by atoms with Gasteiger partial charge in [-0.05, 0) is 48.2 Å². The number of aryl methyl sites for hydroxylation is 1. The lowest BCUT2D eigenvalue weighted by molar-refractivity contribution is -0.130. The maximum atomic E-state index is 12.5. The monoisotopic (exact) mass is 419 g/mol. The fraction of sp³-hybridized carbons (Fsp3) is 0.375. The number of ketones is 1. The Kier molecular flexibility index (Phi) is 6.31. The zero-order valence-corrected chi connectivity index (χ0v) is 17.5. The van der Waals surface area contributed by atoms with Crippen LogP contribution in [0.15, 0.2) is 51.7 Å². The number of hydrogen-bond acceptors (Lipinski definition) is 6. The third-order valence-electron chi connectivity index (χ3n) is 5.70. The van der Waals surface area contributed by atoms with Gasteiger partial charge in [-0.25, -0.2) is 4.79 Å². The Balaban J connectivity index is 1.43. The van der Waals surface area contributed by atoms with Crippen LogP contribution in [0.25, 0.3) is 22.2 Å². The van der Waals surface area contributed by atoms with Gasteiger partial charge in [0.15, 0.2) is 11.4 Å². The largest absolute Gasteiger partial charge is 0.419 e. The first-order chi connectivity index (χ1) is 15.0. The number of carbonyl (C=O) groups excluding carboxylic acids is 1. The number of Topliss-reactive ketones (excluding diaryl/α,β-unsaturated/α-hetero) is 1. The fourth-order valence-corrected chi connectivity index (χ4v) is 3.88. The van der Waals surface area contributed by atoms with Crippen LogP contribution in [-0.4, -0.2) is 36.2 Å². The summed E-state index contributed by atoms with van der Waals surface area (Å²) in [6, 6.07) is 15.8. The van der Waals surface area contributed by atoms with E-state index in [1.54, 1.807) is 13.1 Å². The van der Waals surface area contributed by atoms with Crippen molar-refractivity contribution in [1.29, 1.82) is 5.26 Å². The Hall–Kier alpha value is -3.21. The van der Waals surface area contributed by atoms with Gasteiger partial charge in [0.25, 0.3) is 0 Å². The summed E-state index contributed by atoms with van der Waals surface area (Å²) < 4.78 is 12.3. The van der Waals surface area contributed by atoms with Crippen LogP contribution in [0.5, 0.6) is 0 Å². The Morgan fingerprint density at radius 1 is 1.26 bits per heavy atom. The summed E-state index contributed by atoms with van der Waals surface area (Å²) in [6.07, 6.45) is 1.13. The van der Waals surface area contributed by atoms with Crippen LogP contribution < -0.4 is 11.1 Å². The van der Waals surface area contributed by atoms with Gasteiger partial charge in [-0.3, -0.25) is 9.36 Å². The molecule has 0 radical (unpaired) electrons. The highest BCUT2D eigenvalue weighted by molar-refractivity contribution is 5.84. The summed E-state index contributed by atoms with van der Waals surface area (Å²) in [4.78, 5) is 24.2. The number of nitrogens with one attached hydrogen (secondary N) is 1. The molecule has 1 N–H and O–H groups in total. The standard InChI is InChI=1S/C24H25N3O4/c1-27-20-13-19(7-8-22(20)31-24(27)29)18-5-3-16(4-6-18)11-17(14-25)12-21(28)23-15-26-9-2-10-30-23/h3-8,13,17,23,26H,2,9-12,15H2,1H3/t17-,23+/m1/s1. The van der Waals surface area contributed by atoms with Crippen molar-refractivity contribution in [1.82, 2.24) is 9.88 Å². The highest BCUT2D eigenvalue weighted by Crippen LogP contribution is 2.25. The second kappa shape index (κ2) is 9.29. The predicted molar refractivity (Wildman–Crippen MR) is 117 cm³/mol.